The van der Waals surface area contributed by atoms with Gasteiger partial charge in [0.25, 0.3) is 5.91 Å². The monoisotopic (exact) mass is 1410 g/mol. The molecule has 0 aliphatic carbocycles. The van der Waals surface area contributed by atoms with Crippen molar-refractivity contribution in [3.8, 4) is 11.5 Å². The van der Waals surface area contributed by atoms with Crippen molar-refractivity contribution in [1.82, 2.24) is 42.1 Å². The molecule has 0 saturated carbocycles. The first-order valence-electron chi connectivity index (χ1n) is 32.0. The summed E-state index contributed by atoms with van der Waals surface area (Å²) in [6, 6.07) is 9.65. The Kier molecular flexibility index (Phi) is 24.1. The number of nitrogens with zero attached hydrogens (tertiary/aromatic N) is 3. The SMILES string of the molecule is COc1cccc(C2OCC3OC(OC4C(CO)OC(Oc5ccc(CC6NC(=O)C(C(C)c7ccccc7)NC(=O)CNC(=O)C(CO)NC(=O)C(C(O)C7CN=C(N)N7C7OC(CO)C(O)C(O)C7O)NC(=O)C(CO)(C7CN=C(N)N7)NC6=O)cc5)C(O)C4O)C(O)C(O)C3O2)c1. The lowest BCUT2D eigenvalue weighted by Crippen LogP contribution is -2.75. The molecule has 100 heavy (non-hydrogen) atoms. The van der Waals surface area contributed by atoms with Crippen LogP contribution in [0.3, 0.4) is 0 Å². The molecule has 7 aliphatic heterocycles. The molecular weight excluding hydrogens is 1330 g/mol. The van der Waals surface area contributed by atoms with Crippen molar-refractivity contribution < 1.29 is 128 Å². The normalized spacial score (nSPS) is 37.0. The van der Waals surface area contributed by atoms with Crippen molar-refractivity contribution in [3.05, 3.63) is 95.6 Å². The van der Waals surface area contributed by atoms with Crippen molar-refractivity contribution in [2.75, 3.05) is 59.8 Å². The van der Waals surface area contributed by atoms with E-state index in [2.05, 4.69) is 47.2 Å². The second kappa shape index (κ2) is 32.3. The largest absolute Gasteiger partial charge is 0.497 e. The molecule has 548 valence electrons. The first-order valence-corrected chi connectivity index (χ1v) is 32.0. The molecule has 3 aromatic carbocycles. The van der Waals surface area contributed by atoms with Crippen LogP contribution in [0.4, 0.5) is 0 Å². The minimum absolute atomic E-state index is 0.0549. The highest BCUT2D eigenvalue weighted by atomic mass is 16.8. The fraction of sp³-hybridized carbons (Fsp3) is 0.581. The highest BCUT2D eigenvalue weighted by Crippen LogP contribution is 2.38. The summed E-state index contributed by atoms with van der Waals surface area (Å²) in [5.74, 6) is -8.62. The topological polar surface area (TPSA) is 583 Å². The number of hydrogen-bond donors (Lipinski definition) is 21. The van der Waals surface area contributed by atoms with E-state index in [1.807, 2.05) is 0 Å². The number of nitrogens with two attached hydrogens (primary N) is 2. The highest BCUT2D eigenvalue weighted by Gasteiger charge is 2.57. The van der Waals surface area contributed by atoms with Crippen LogP contribution >= 0.6 is 0 Å². The maximum absolute atomic E-state index is 15.4. The molecule has 7 heterocycles. The van der Waals surface area contributed by atoms with Gasteiger partial charge in [0, 0.05) is 17.9 Å². The average molecular weight is 1410 g/mol. The van der Waals surface area contributed by atoms with E-state index in [0.717, 1.165) is 4.90 Å². The van der Waals surface area contributed by atoms with Gasteiger partial charge in [-0.2, -0.15) is 0 Å². The molecule has 0 aromatic heterocycles. The van der Waals surface area contributed by atoms with Gasteiger partial charge in [-0.1, -0.05) is 61.5 Å². The number of nitrogens with one attached hydrogen (secondary N) is 7. The van der Waals surface area contributed by atoms with E-state index in [9.17, 15) is 80.5 Å². The average Bonchev–Trinajstić information content (AvgIpc) is 1.20. The minimum atomic E-state index is -2.75. The number of carbonyl (C=O) groups is 6. The molecule has 5 saturated heterocycles. The second-order valence-corrected chi connectivity index (χ2v) is 25.0. The molecular formula is C62H84N12O26. The smallest absolute Gasteiger partial charge is 0.251 e. The Bertz CT molecular complexity index is 3420. The van der Waals surface area contributed by atoms with E-state index in [4.69, 9.17) is 49.4 Å². The predicted octanol–water partition coefficient (Wildman–Crippen LogP) is -10.8. The molecule has 25 unspecified atom stereocenters. The number of ether oxygens (including phenoxy) is 8. The van der Waals surface area contributed by atoms with Crippen molar-refractivity contribution in [1.29, 1.82) is 0 Å². The van der Waals surface area contributed by atoms with Crippen molar-refractivity contribution >= 4 is 47.4 Å². The summed E-state index contributed by atoms with van der Waals surface area (Å²) in [6.07, 6.45) is -29.0. The number of aliphatic hydroxyl groups is 12. The molecule has 7 aliphatic rings. The zero-order valence-electron chi connectivity index (χ0n) is 53.8. The van der Waals surface area contributed by atoms with Crippen LogP contribution in [0.2, 0.25) is 0 Å². The van der Waals surface area contributed by atoms with E-state index in [0.29, 0.717) is 16.9 Å². The zero-order chi connectivity index (χ0) is 72.0. The molecule has 23 N–H and O–H groups in total. The Morgan fingerprint density at radius 2 is 1.36 bits per heavy atom. The number of benzene rings is 3. The minimum Gasteiger partial charge on any atom is -0.497 e. The molecule has 5 fully saturated rings. The van der Waals surface area contributed by atoms with Crippen LogP contribution in [0.5, 0.6) is 11.5 Å². The van der Waals surface area contributed by atoms with E-state index in [1.54, 1.807) is 61.5 Å². The quantitative estimate of drug-likeness (QED) is 0.0562. The fourth-order valence-corrected chi connectivity index (χ4v) is 12.8. The number of methoxy groups -OCH3 is 1. The lowest BCUT2D eigenvalue weighted by atomic mass is 9.87. The predicted molar refractivity (Wildman–Crippen MR) is 337 cm³/mol. The van der Waals surface area contributed by atoms with Crippen LogP contribution in [0.15, 0.2) is 88.8 Å². The number of carbonyl (C=O) groups excluding carboxylic acids is 6. The number of fused-ring (bicyclic) bond motifs is 1. The summed E-state index contributed by atoms with van der Waals surface area (Å²) in [5, 5.41) is 150. The van der Waals surface area contributed by atoms with Crippen LogP contribution in [0.1, 0.15) is 35.8 Å². The third-order valence-electron chi connectivity index (χ3n) is 18.6. The lowest BCUT2D eigenvalue weighted by Gasteiger charge is -2.48. The van der Waals surface area contributed by atoms with Crippen LogP contribution in [0.25, 0.3) is 0 Å². The highest BCUT2D eigenvalue weighted by molar-refractivity contribution is 6.00. The van der Waals surface area contributed by atoms with Gasteiger partial charge in [0.1, 0.15) is 115 Å². The van der Waals surface area contributed by atoms with Gasteiger partial charge in [-0.25, -0.2) is 0 Å². The summed E-state index contributed by atoms with van der Waals surface area (Å²) < 4.78 is 46.6. The molecule has 0 radical (unpaired) electrons. The summed E-state index contributed by atoms with van der Waals surface area (Å²) in [7, 11) is 1.48. The van der Waals surface area contributed by atoms with Gasteiger partial charge in [0.05, 0.1) is 71.9 Å². The lowest BCUT2D eigenvalue weighted by molar-refractivity contribution is -0.383. The third-order valence-corrected chi connectivity index (χ3v) is 18.6. The molecule has 38 heteroatoms. The number of rotatable bonds is 18. The molecule has 10 rings (SSSR count). The Hall–Kier alpha value is -8.10. The number of guanidine groups is 2. The van der Waals surface area contributed by atoms with Gasteiger partial charge >= 0.3 is 0 Å². The summed E-state index contributed by atoms with van der Waals surface area (Å²) in [4.78, 5) is 97.4. The Morgan fingerprint density at radius 3 is 2.03 bits per heavy atom. The number of aliphatic hydroxyl groups excluding tert-OH is 12. The van der Waals surface area contributed by atoms with Gasteiger partial charge in [-0.3, -0.25) is 38.8 Å². The Labute approximate surface area is 569 Å². The molecule has 38 nitrogen and oxygen atoms in total. The summed E-state index contributed by atoms with van der Waals surface area (Å²) >= 11 is 0. The first-order chi connectivity index (χ1) is 47.8. The summed E-state index contributed by atoms with van der Waals surface area (Å²) in [6.45, 7) is -4.82. The van der Waals surface area contributed by atoms with E-state index in [-0.39, 0.29) is 23.9 Å². The molecule has 25 atom stereocenters. The molecule has 0 spiro atoms. The standard InChI is InChI=1S/C62H84N12O26/c1-25(27-7-4-3-5-8-27)39-53(90)68-31(15-26-11-13-29(14-12-26)95-57-47(86)44(83)49(35(22-77)97-57)100-58-48(87)45(84)50-36(98-58)23-94-56(99-50)28-9-6-10-30(16-28)93-2)52(89)73-62(24-78,37-18-66-60(63)70-37)59(92)72-40(54(91)69-32(20-75)51(88)65-19-38(79)71-39)41(80)33-17-67-61(64)74(33)55-46(85)43(82)42(81)34(21-76)96-55/h3-14,16,25,31-37,39-50,55-58,75-78,80-87H,15,17-24H2,1-2H3,(H2,64,67)(H,65,88)(H,68,90)(H,69,91)(H,71,79)(H,72,92)(H,73,89)(H3,63,66,70). The van der Waals surface area contributed by atoms with Gasteiger partial charge in [-0.15, -0.1) is 0 Å². The maximum atomic E-state index is 15.4. The van der Waals surface area contributed by atoms with Crippen LogP contribution in [-0.4, -0.2) is 313 Å². The Balaban J connectivity index is 0.913. The second-order valence-electron chi connectivity index (χ2n) is 25.0. The van der Waals surface area contributed by atoms with E-state index in [1.165, 1.54) is 31.4 Å². The van der Waals surface area contributed by atoms with Crippen LogP contribution in [0, 0.1) is 0 Å². The maximum Gasteiger partial charge on any atom is 0.251 e. The first kappa shape index (κ1) is 74.6. The zero-order valence-corrected chi connectivity index (χ0v) is 53.8. The fourth-order valence-electron chi connectivity index (χ4n) is 12.8. The molecule has 3 aromatic rings. The van der Waals surface area contributed by atoms with Gasteiger partial charge in [-0.05, 0) is 35.4 Å². The number of amides is 6. The summed E-state index contributed by atoms with van der Waals surface area (Å²) in [5.41, 5.74) is 10.8. The molecule has 0 bridgehead atoms. The number of aliphatic imine (C=N–C) groups is 2. The molecule has 6 amide bonds. The van der Waals surface area contributed by atoms with Crippen LogP contribution < -0.4 is 58.2 Å². The van der Waals surface area contributed by atoms with Crippen molar-refractivity contribution in [3.63, 3.8) is 0 Å². The van der Waals surface area contributed by atoms with Crippen molar-refractivity contribution in [2.24, 2.45) is 21.5 Å². The number of hydrogen-bond acceptors (Lipinski definition) is 32. The van der Waals surface area contributed by atoms with Gasteiger partial charge < -0.3 is 153 Å². The van der Waals surface area contributed by atoms with Crippen LogP contribution in [-0.2, 0) is 63.6 Å². The van der Waals surface area contributed by atoms with Crippen molar-refractivity contribution in [2.45, 2.75) is 166 Å². The van der Waals surface area contributed by atoms with E-state index >= 15 is 9.59 Å². The van der Waals surface area contributed by atoms with Gasteiger partial charge in [0.15, 0.2) is 36.3 Å². The third kappa shape index (κ3) is 15.8. The Morgan fingerprint density at radius 1 is 0.660 bits per heavy atom. The van der Waals surface area contributed by atoms with Gasteiger partial charge in [0.2, 0.25) is 35.8 Å². The van der Waals surface area contributed by atoms with E-state index < -0.39 is 246 Å².